The third kappa shape index (κ3) is 15.1. The van der Waals surface area contributed by atoms with Crippen LogP contribution in [0.15, 0.2) is 24.3 Å². The van der Waals surface area contributed by atoms with E-state index in [1.54, 1.807) is 23.5 Å². The minimum absolute atomic E-state index is 0.0659. The lowest BCUT2D eigenvalue weighted by Gasteiger charge is -2.39. The number of thioether (sulfide) groups is 2. The molecule has 48 heavy (non-hydrogen) atoms. The molecule has 1 aliphatic rings. The Kier molecular flexibility index (Phi) is 21.3. The van der Waals surface area contributed by atoms with E-state index < -0.39 is 50.2 Å². The second-order valence-corrected chi connectivity index (χ2v) is 21.2. The molecule has 0 amide bonds. The number of aliphatic hydroxyl groups excluding tert-OH is 4. The van der Waals surface area contributed by atoms with Gasteiger partial charge in [0, 0.05) is 25.4 Å². The van der Waals surface area contributed by atoms with E-state index in [-0.39, 0.29) is 5.25 Å². The fourth-order valence-electron chi connectivity index (χ4n) is 6.37. The van der Waals surface area contributed by atoms with Gasteiger partial charge in [0.05, 0.1) is 37.9 Å². The number of unbranched alkanes of at least 4 members (excludes halogenated alkanes) is 6. The number of carbonyl (C=O) groups excluding carboxylic acids is 1. The summed E-state index contributed by atoms with van der Waals surface area (Å²) in [6.45, 7) is 8.77. The monoisotopic (exact) mass is 749 g/mol. The molecule has 1 aromatic carbocycles. The number of carbonyl (C=O) groups is 1. The molecule has 1 saturated heterocycles. The Labute approximate surface area is 304 Å². The van der Waals surface area contributed by atoms with Crippen LogP contribution in [0.3, 0.4) is 0 Å². The first-order valence-electron chi connectivity index (χ1n) is 17.7. The molecular formula is C36H62O8PS3+. The lowest BCUT2D eigenvalue weighted by Crippen LogP contribution is -2.59. The molecule has 0 bridgehead atoms. The van der Waals surface area contributed by atoms with Gasteiger partial charge in [0.1, 0.15) is 33.5 Å². The van der Waals surface area contributed by atoms with E-state index in [4.69, 9.17) is 26.4 Å². The van der Waals surface area contributed by atoms with Gasteiger partial charge < -0.3 is 34.6 Å². The Morgan fingerprint density at radius 1 is 0.958 bits per heavy atom. The number of rotatable bonds is 24. The molecule has 8 nitrogen and oxygen atoms in total. The van der Waals surface area contributed by atoms with Crippen LogP contribution in [0.5, 0.6) is 0 Å². The van der Waals surface area contributed by atoms with Gasteiger partial charge in [0.25, 0.3) is 6.47 Å². The standard InChI is InChI=1S/C36H62O8PS3/c1-6-8-10-12-20-45(21-13-11-9-7-2,22-14-19-42-34-33(41)32(40)31(39)29(24-37)44-34)25-27-15-17-28(18-16-27)30(48-35(46)47-5)23-36(3,4)43-26-38/h15-18,26,29-34,37,39-41H,6-14,19-25H2,1-5H3/q+1/t29?,30?,31-,32+,33?,34+/m1/s1. The highest BCUT2D eigenvalue weighted by Gasteiger charge is 2.44. The van der Waals surface area contributed by atoms with E-state index in [0.717, 1.165) is 22.3 Å². The van der Waals surface area contributed by atoms with Crippen LogP contribution >= 0.6 is 43.0 Å². The predicted molar refractivity (Wildman–Crippen MR) is 207 cm³/mol. The van der Waals surface area contributed by atoms with Crippen molar-refractivity contribution in [2.24, 2.45) is 0 Å². The molecule has 0 aromatic heterocycles. The highest BCUT2D eigenvalue weighted by molar-refractivity contribution is 8.47. The summed E-state index contributed by atoms with van der Waals surface area (Å²) in [4.78, 5) is 11.1. The van der Waals surface area contributed by atoms with Crippen LogP contribution in [0.1, 0.15) is 108 Å². The topological polar surface area (TPSA) is 126 Å². The molecule has 276 valence electrons. The van der Waals surface area contributed by atoms with E-state index in [2.05, 4.69) is 38.1 Å². The molecule has 1 heterocycles. The number of thiocarbonyl (C=S) groups is 1. The number of hydrogen-bond donors (Lipinski definition) is 4. The zero-order chi connectivity index (χ0) is 35.6. The second-order valence-electron chi connectivity index (χ2n) is 13.7. The fraction of sp³-hybridized carbons (Fsp3) is 0.778. The van der Waals surface area contributed by atoms with Crippen LogP contribution in [-0.4, -0.2) is 105 Å². The maximum absolute atomic E-state index is 11.1. The number of ether oxygens (including phenoxy) is 3. The first-order chi connectivity index (χ1) is 22.9. The molecule has 12 heteroatoms. The quantitative estimate of drug-likeness (QED) is 0.0367. The highest BCUT2D eigenvalue weighted by Crippen LogP contribution is 2.63. The van der Waals surface area contributed by atoms with Gasteiger partial charge in [-0.3, -0.25) is 4.79 Å². The SMILES string of the molecule is CCCCCC[P+](CCCCCC)(CCCO[C@H]1OC(CO)[C@@H](O)[C@H](O)C1O)Cc1ccc(C(CC(C)(C)OC=O)SC(=S)SC)cc1. The summed E-state index contributed by atoms with van der Waals surface area (Å²) in [7, 11) is -1.43. The van der Waals surface area contributed by atoms with Crippen molar-refractivity contribution in [3.05, 3.63) is 35.4 Å². The normalized spacial score (nSPS) is 22.4. The zero-order valence-electron chi connectivity index (χ0n) is 29.8. The van der Waals surface area contributed by atoms with E-state index in [1.807, 2.05) is 20.1 Å². The van der Waals surface area contributed by atoms with Gasteiger partial charge in [-0.05, 0) is 56.9 Å². The molecule has 1 fully saturated rings. The minimum atomic E-state index is -1.44. The van der Waals surface area contributed by atoms with Crippen LogP contribution in [0.25, 0.3) is 0 Å². The summed E-state index contributed by atoms with van der Waals surface area (Å²) in [5.41, 5.74) is 1.90. The van der Waals surface area contributed by atoms with Crippen LogP contribution < -0.4 is 0 Å². The van der Waals surface area contributed by atoms with Crippen LogP contribution in [0.2, 0.25) is 0 Å². The van der Waals surface area contributed by atoms with Crippen molar-refractivity contribution in [2.75, 3.05) is 38.0 Å². The summed E-state index contributed by atoms with van der Waals surface area (Å²) >= 11 is 8.79. The van der Waals surface area contributed by atoms with Crippen molar-refractivity contribution in [1.82, 2.24) is 0 Å². The van der Waals surface area contributed by atoms with Gasteiger partial charge >= 0.3 is 0 Å². The number of aliphatic hydroxyl groups is 4. The van der Waals surface area contributed by atoms with Gasteiger partial charge in [0.15, 0.2) is 6.29 Å². The van der Waals surface area contributed by atoms with Crippen molar-refractivity contribution in [3.8, 4) is 0 Å². The van der Waals surface area contributed by atoms with Crippen LogP contribution in [-0.2, 0) is 25.2 Å². The molecule has 1 aliphatic heterocycles. The fourth-order valence-corrected chi connectivity index (χ4v) is 13.2. The predicted octanol–water partition coefficient (Wildman–Crippen LogP) is 7.34. The molecule has 0 aliphatic carbocycles. The van der Waals surface area contributed by atoms with Crippen LogP contribution in [0, 0.1) is 0 Å². The largest absolute Gasteiger partial charge is 0.462 e. The maximum Gasteiger partial charge on any atom is 0.293 e. The van der Waals surface area contributed by atoms with Crippen molar-refractivity contribution in [3.63, 3.8) is 0 Å². The lowest BCUT2D eigenvalue weighted by atomic mass is 9.97. The number of hydrogen-bond acceptors (Lipinski definition) is 11. The smallest absolute Gasteiger partial charge is 0.293 e. The Bertz CT molecular complexity index is 1030. The zero-order valence-corrected chi connectivity index (χ0v) is 33.1. The average molecular weight is 750 g/mol. The second kappa shape index (κ2) is 23.3. The van der Waals surface area contributed by atoms with Gasteiger partial charge in [0.2, 0.25) is 0 Å². The summed E-state index contributed by atoms with van der Waals surface area (Å²) in [6, 6.07) is 8.99. The van der Waals surface area contributed by atoms with E-state index in [0.29, 0.717) is 19.5 Å². The van der Waals surface area contributed by atoms with Gasteiger partial charge in [-0.15, -0.1) is 11.8 Å². The van der Waals surface area contributed by atoms with E-state index in [1.165, 1.54) is 74.8 Å². The summed E-state index contributed by atoms with van der Waals surface area (Å²) in [5, 5.41) is 40.4. The Morgan fingerprint density at radius 3 is 2.10 bits per heavy atom. The van der Waals surface area contributed by atoms with E-state index >= 15 is 0 Å². The maximum atomic E-state index is 11.1. The molecule has 0 saturated carbocycles. The van der Waals surface area contributed by atoms with Crippen molar-refractivity contribution < 1.29 is 39.4 Å². The van der Waals surface area contributed by atoms with Crippen molar-refractivity contribution in [2.45, 2.75) is 140 Å². The summed E-state index contributed by atoms with van der Waals surface area (Å²) in [5.74, 6) is 0. The summed E-state index contributed by atoms with van der Waals surface area (Å²) < 4.78 is 17.8. The van der Waals surface area contributed by atoms with Crippen molar-refractivity contribution in [1.29, 1.82) is 0 Å². The first-order valence-corrected chi connectivity index (χ1v) is 22.7. The molecule has 3 unspecified atom stereocenters. The third-order valence-corrected chi connectivity index (χ3v) is 16.9. The summed E-state index contributed by atoms with van der Waals surface area (Å²) in [6.07, 6.45) is 11.5. The molecule has 4 N–H and O–H groups in total. The molecule has 2 rings (SSSR count). The Balaban J connectivity index is 2.26. The van der Waals surface area contributed by atoms with Gasteiger partial charge in [-0.2, -0.15) is 0 Å². The van der Waals surface area contributed by atoms with Crippen LogP contribution in [0.4, 0.5) is 0 Å². The van der Waals surface area contributed by atoms with Gasteiger partial charge in [-0.1, -0.05) is 87.8 Å². The van der Waals surface area contributed by atoms with Crippen molar-refractivity contribution >= 4 is 53.0 Å². The Hall–Kier alpha value is -0.330. The molecular weight excluding hydrogens is 688 g/mol. The third-order valence-electron chi connectivity index (χ3n) is 9.20. The molecule has 1 aromatic rings. The molecule has 6 atom stereocenters. The molecule has 0 radical (unpaired) electrons. The van der Waals surface area contributed by atoms with E-state index in [9.17, 15) is 25.2 Å². The molecule has 0 spiro atoms. The highest BCUT2D eigenvalue weighted by atomic mass is 32.2. The minimum Gasteiger partial charge on any atom is -0.462 e. The Morgan fingerprint density at radius 2 is 1.56 bits per heavy atom. The first kappa shape index (κ1) is 43.8. The lowest BCUT2D eigenvalue weighted by molar-refractivity contribution is -0.300. The van der Waals surface area contributed by atoms with Gasteiger partial charge in [-0.25, -0.2) is 0 Å². The number of benzene rings is 1. The average Bonchev–Trinajstić information content (AvgIpc) is 3.06.